The summed E-state index contributed by atoms with van der Waals surface area (Å²) < 4.78 is 23.4. The van der Waals surface area contributed by atoms with Gasteiger partial charge in [-0.25, -0.2) is 13.4 Å². The Morgan fingerprint density at radius 1 is 1.10 bits per heavy atom. The van der Waals surface area contributed by atoms with Gasteiger partial charge in [0, 0.05) is 39.1 Å². The highest BCUT2D eigenvalue weighted by atomic mass is 127. The highest BCUT2D eigenvalue weighted by Crippen LogP contribution is 2.16. The van der Waals surface area contributed by atoms with Crippen molar-refractivity contribution in [2.45, 2.75) is 31.2 Å². The van der Waals surface area contributed by atoms with Crippen LogP contribution in [0, 0.1) is 6.92 Å². The van der Waals surface area contributed by atoms with Gasteiger partial charge in [-0.1, -0.05) is 18.2 Å². The topological polar surface area (TPSA) is 95.5 Å². The molecule has 1 aromatic heterocycles. The molecule has 0 aliphatic heterocycles. The van der Waals surface area contributed by atoms with E-state index in [0.717, 1.165) is 48.8 Å². The monoisotopic (exact) mass is 531 g/mol. The fourth-order valence-electron chi connectivity index (χ4n) is 2.78. The molecule has 0 radical (unpaired) electrons. The minimum absolute atomic E-state index is 0. The molecule has 2 rings (SSSR count). The van der Waals surface area contributed by atoms with Gasteiger partial charge in [0.05, 0.1) is 4.90 Å². The summed E-state index contributed by atoms with van der Waals surface area (Å²) in [5.74, 6) is 1.62. The molecular formula is C20H30IN5O2S. The quantitative estimate of drug-likeness (QED) is 0.199. The highest BCUT2D eigenvalue weighted by Gasteiger charge is 2.10. The first-order valence-corrected chi connectivity index (χ1v) is 11.2. The van der Waals surface area contributed by atoms with E-state index in [4.69, 9.17) is 0 Å². The van der Waals surface area contributed by atoms with Crippen LogP contribution in [0.2, 0.25) is 0 Å². The number of hydrogen-bond acceptors (Lipinski definition) is 5. The Hall–Kier alpha value is -1.88. The van der Waals surface area contributed by atoms with Crippen LogP contribution in [0.4, 0.5) is 5.82 Å². The Morgan fingerprint density at radius 2 is 1.86 bits per heavy atom. The van der Waals surface area contributed by atoms with Crippen LogP contribution in [-0.4, -0.2) is 45.8 Å². The van der Waals surface area contributed by atoms with Gasteiger partial charge in [-0.3, -0.25) is 4.99 Å². The number of guanidine groups is 1. The summed E-state index contributed by atoms with van der Waals surface area (Å²) >= 11 is 0. The van der Waals surface area contributed by atoms with E-state index < -0.39 is 9.84 Å². The maximum Gasteiger partial charge on any atom is 0.191 e. The lowest BCUT2D eigenvalue weighted by Gasteiger charge is -2.13. The van der Waals surface area contributed by atoms with Crippen LogP contribution < -0.4 is 16.0 Å². The van der Waals surface area contributed by atoms with Crippen molar-refractivity contribution < 1.29 is 8.42 Å². The van der Waals surface area contributed by atoms with E-state index in [1.165, 1.54) is 6.26 Å². The van der Waals surface area contributed by atoms with Crippen molar-refractivity contribution in [2.24, 2.45) is 4.99 Å². The van der Waals surface area contributed by atoms with Crippen LogP contribution in [0.25, 0.3) is 0 Å². The molecule has 0 aliphatic rings. The summed E-state index contributed by atoms with van der Waals surface area (Å²) in [5.41, 5.74) is 1.76. The number of pyridine rings is 1. The minimum atomic E-state index is -3.19. The van der Waals surface area contributed by atoms with Gasteiger partial charge in [0.1, 0.15) is 5.82 Å². The molecule has 3 N–H and O–H groups in total. The number of anilines is 1. The van der Waals surface area contributed by atoms with Crippen molar-refractivity contribution in [3.63, 3.8) is 0 Å². The molecule has 1 aromatic carbocycles. The number of benzene rings is 1. The predicted molar refractivity (Wildman–Crippen MR) is 130 cm³/mol. The molecule has 7 nitrogen and oxygen atoms in total. The molecule has 0 atom stereocenters. The number of unbranched alkanes of at least 4 members (excludes halogenated alkanes) is 1. The third kappa shape index (κ3) is 8.99. The van der Waals surface area contributed by atoms with E-state index in [0.29, 0.717) is 11.4 Å². The average molecular weight is 531 g/mol. The first kappa shape index (κ1) is 25.2. The van der Waals surface area contributed by atoms with Gasteiger partial charge in [-0.15, -0.1) is 24.0 Å². The van der Waals surface area contributed by atoms with E-state index in [-0.39, 0.29) is 24.0 Å². The Bertz CT molecular complexity index is 889. The normalized spacial score (nSPS) is 11.5. The van der Waals surface area contributed by atoms with Crippen molar-refractivity contribution in [3.8, 4) is 0 Å². The Kier molecular flexibility index (Phi) is 11.0. The molecule has 0 saturated heterocycles. The van der Waals surface area contributed by atoms with Crippen LogP contribution in [-0.2, 0) is 16.4 Å². The van der Waals surface area contributed by atoms with Crippen molar-refractivity contribution >= 4 is 45.6 Å². The third-order valence-electron chi connectivity index (χ3n) is 4.19. The van der Waals surface area contributed by atoms with Gasteiger partial charge in [0.2, 0.25) is 0 Å². The lowest BCUT2D eigenvalue weighted by atomic mass is 10.1. The predicted octanol–water partition coefficient (Wildman–Crippen LogP) is 2.97. The zero-order valence-electron chi connectivity index (χ0n) is 17.1. The van der Waals surface area contributed by atoms with Gasteiger partial charge in [-0.2, -0.15) is 0 Å². The van der Waals surface area contributed by atoms with Crippen molar-refractivity contribution in [1.82, 2.24) is 15.6 Å². The summed E-state index contributed by atoms with van der Waals surface area (Å²) in [6.07, 6.45) is 5.02. The minimum Gasteiger partial charge on any atom is -0.370 e. The van der Waals surface area contributed by atoms with Crippen molar-refractivity contribution in [3.05, 3.63) is 53.7 Å². The second-order valence-electron chi connectivity index (χ2n) is 6.57. The molecular weight excluding hydrogens is 501 g/mol. The van der Waals surface area contributed by atoms with Crippen LogP contribution in [0.1, 0.15) is 24.0 Å². The Morgan fingerprint density at radius 3 is 2.48 bits per heavy atom. The van der Waals surface area contributed by atoms with Crippen LogP contribution in [0.15, 0.2) is 52.5 Å². The molecule has 29 heavy (non-hydrogen) atoms. The zero-order valence-corrected chi connectivity index (χ0v) is 20.3. The summed E-state index contributed by atoms with van der Waals surface area (Å²) in [5, 5.41) is 9.83. The van der Waals surface area contributed by atoms with Gasteiger partial charge < -0.3 is 16.0 Å². The van der Waals surface area contributed by atoms with Gasteiger partial charge in [-0.05, 0) is 49.1 Å². The lowest BCUT2D eigenvalue weighted by molar-refractivity contribution is 0.601. The molecule has 0 aliphatic carbocycles. The molecule has 0 saturated carbocycles. The van der Waals surface area contributed by atoms with Gasteiger partial charge in [0.25, 0.3) is 0 Å². The lowest BCUT2D eigenvalue weighted by Crippen LogP contribution is -2.37. The first-order chi connectivity index (χ1) is 13.4. The van der Waals surface area contributed by atoms with Gasteiger partial charge in [0.15, 0.2) is 15.8 Å². The summed E-state index contributed by atoms with van der Waals surface area (Å²) in [6, 6.07) is 11.2. The van der Waals surface area contributed by atoms with E-state index >= 15 is 0 Å². The molecule has 1 heterocycles. The van der Waals surface area contributed by atoms with E-state index in [1.807, 2.05) is 37.3 Å². The molecule has 2 aromatic rings. The number of hydrogen-bond donors (Lipinski definition) is 3. The smallest absolute Gasteiger partial charge is 0.191 e. The maximum atomic E-state index is 11.7. The number of aliphatic imine (C=N–C) groups is 1. The fourth-order valence-corrected chi connectivity index (χ4v) is 3.74. The standard InChI is InChI=1S/C20H29N5O2S.HI/c1-16-14-17(9-10-18(16)28(3,26)27)15-25-20(21-2)24-13-7-6-12-23-19-8-4-5-11-22-19;/h4-5,8-11,14H,6-7,12-13,15H2,1-3H3,(H,22,23)(H2,21,24,25);1H. The maximum absolute atomic E-state index is 11.7. The van der Waals surface area contributed by atoms with Crippen LogP contribution >= 0.6 is 24.0 Å². The summed E-state index contributed by atoms with van der Waals surface area (Å²) in [4.78, 5) is 8.82. The summed E-state index contributed by atoms with van der Waals surface area (Å²) in [7, 11) is -1.46. The summed E-state index contributed by atoms with van der Waals surface area (Å²) in [6.45, 7) is 4.07. The first-order valence-electron chi connectivity index (χ1n) is 9.29. The molecule has 0 unspecified atom stereocenters. The Labute approximate surface area is 190 Å². The molecule has 0 bridgehead atoms. The van der Waals surface area contributed by atoms with Crippen LogP contribution in [0.3, 0.4) is 0 Å². The molecule has 9 heteroatoms. The SMILES string of the molecule is CN=C(NCCCCNc1ccccn1)NCc1ccc(S(C)(=O)=O)c(C)c1.I. The average Bonchev–Trinajstić information content (AvgIpc) is 2.66. The van der Waals surface area contributed by atoms with Crippen LogP contribution in [0.5, 0.6) is 0 Å². The third-order valence-corrected chi connectivity index (χ3v) is 5.45. The molecule has 0 amide bonds. The number of nitrogens with one attached hydrogen (secondary N) is 3. The second-order valence-corrected chi connectivity index (χ2v) is 8.56. The number of rotatable bonds is 9. The molecule has 160 valence electrons. The largest absolute Gasteiger partial charge is 0.370 e. The number of sulfone groups is 1. The Balaban J connectivity index is 0.00000420. The number of nitrogens with zero attached hydrogens (tertiary/aromatic N) is 2. The fraction of sp³-hybridized carbons (Fsp3) is 0.400. The highest BCUT2D eigenvalue weighted by molar-refractivity contribution is 14.0. The second kappa shape index (κ2) is 12.6. The van der Waals surface area contributed by atoms with Gasteiger partial charge >= 0.3 is 0 Å². The zero-order chi connectivity index (χ0) is 20.4. The van der Waals surface area contributed by atoms with E-state index in [9.17, 15) is 8.42 Å². The van der Waals surface area contributed by atoms with E-state index in [1.54, 1.807) is 19.3 Å². The van der Waals surface area contributed by atoms with E-state index in [2.05, 4.69) is 25.9 Å². The van der Waals surface area contributed by atoms with Crippen molar-refractivity contribution in [1.29, 1.82) is 0 Å². The number of aromatic nitrogens is 1. The number of aryl methyl sites for hydroxylation is 1. The molecule has 0 spiro atoms. The number of halogens is 1. The van der Waals surface area contributed by atoms with Crippen molar-refractivity contribution in [2.75, 3.05) is 31.7 Å². The molecule has 0 fully saturated rings.